The molecule has 2 aromatic carbocycles. The predicted octanol–water partition coefficient (Wildman–Crippen LogP) is 5.51. The Kier molecular flexibility index (Phi) is 7.18. The van der Waals surface area contributed by atoms with Crippen LogP contribution in [0.2, 0.25) is 0 Å². The lowest BCUT2D eigenvalue weighted by atomic mass is 9.83. The van der Waals surface area contributed by atoms with E-state index in [1.54, 1.807) is 11.3 Å². The van der Waals surface area contributed by atoms with Crippen LogP contribution >= 0.6 is 11.3 Å². The SMILES string of the molecule is CC(C)(C)c1ccc(C(c2ccccc2)c2csc(N(CCC(=O)[O-])C3CCCC3)n2)cc1. The van der Waals surface area contributed by atoms with Crippen molar-refractivity contribution in [2.75, 3.05) is 11.4 Å². The molecule has 1 unspecified atom stereocenters. The molecular formula is C28H33N2O2S-. The van der Waals surface area contributed by atoms with Crippen LogP contribution in [0.4, 0.5) is 5.13 Å². The minimum Gasteiger partial charge on any atom is -0.550 e. The summed E-state index contributed by atoms with van der Waals surface area (Å²) in [6, 6.07) is 19.8. The molecule has 0 saturated heterocycles. The number of carbonyl (C=O) groups is 1. The van der Waals surface area contributed by atoms with Crippen molar-refractivity contribution in [3.63, 3.8) is 0 Å². The second-order valence-corrected chi connectivity index (χ2v) is 10.9. The maximum atomic E-state index is 11.2. The van der Waals surface area contributed by atoms with Crippen LogP contribution in [0.25, 0.3) is 0 Å². The van der Waals surface area contributed by atoms with E-state index < -0.39 is 5.97 Å². The minimum atomic E-state index is -1.00. The van der Waals surface area contributed by atoms with E-state index in [1.165, 1.54) is 29.5 Å². The monoisotopic (exact) mass is 461 g/mol. The largest absolute Gasteiger partial charge is 0.550 e. The maximum Gasteiger partial charge on any atom is 0.185 e. The van der Waals surface area contributed by atoms with Gasteiger partial charge in [-0.3, -0.25) is 0 Å². The molecule has 0 amide bonds. The van der Waals surface area contributed by atoms with E-state index in [-0.39, 0.29) is 17.8 Å². The average Bonchev–Trinajstić information content (AvgIpc) is 3.48. The average molecular weight is 462 g/mol. The molecule has 174 valence electrons. The van der Waals surface area contributed by atoms with E-state index in [9.17, 15) is 9.90 Å². The summed E-state index contributed by atoms with van der Waals surface area (Å²) in [4.78, 5) is 18.5. The Labute approximate surface area is 201 Å². The van der Waals surface area contributed by atoms with E-state index in [2.05, 4.69) is 79.6 Å². The summed E-state index contributed by atoms with van der Waals surface area (Å²) in [6.07, 6.45) is 4.60. The summed E-state index contributed by atoms with van der Waals surface area (Å²) in [6.45, 7) is 7.14. The molecule has 4 nitrogen and oxygen atoms in total. The zero-order chi connectivity index (χ0) is 23.4. The van der Waals surface area contributed by atoms with Crippen molar-refractivity contribution < 1.29 is 9.90 Å². The van der Waals surface area contributed by atoms with Crippen molar-refractivity contribution in [3.8, 4) is 0 Å². The number of carboxylic acid groups (broad SMARTS) is 1. The summed E-state index contributed by atoms with van der Waals surface area (Å²) in [5.74, 6) is -0.965. The molecule has 1 aromatic heterocycles. The van der Waals surface area contributed by atoms with Gasteiger partial charge in [-0.1, -0.05) is 88.2 Å². The van der Waals surface area contributed by atoms with Crippen LogP contribution in [-0.4, -0.2) is 23.5 Å². The molecule has 4 rings (SSSR count). The fourth-order valence-electron chi connectivity index (χ4n) is 4.76. The highest BCUT2D eigenvalue weighted by atomic mass is 32.1. The Morgan fingerprint density at radius 3 is 2.30 bits per heavy atom. The van der Waals surface area contributed by atoms with Gasteiger partial charge < -0.3 is 14.8 Å². The van der Waals surface area contributed by atoms with Gasteiger partial charge in [0.15, 0.2) is 5.13 Å². The van der Waals surface area contributed by atoms with E-state index >= 15 is 0 Å². The van der Waals surface area contributed by atoms with Crippen LogP contribution in [0, 0.1) is 0 Å². The third-order valence-corrected chi connectivity index (χ3v) is 7.51. The standard InChI is InChI=1S/C28H34N2O2S/c1-28(2,3)22-15-13-21(14-16-22)26(20-9-5-4-6-10-20)24-19-33-27(29-24)30(18-17-25(31)32)23-11-7-8-12-23/h4-6,9-10,13-16,19,23,26H,7-8,11-12,17-18H2,1-3H3,(H,31,32)/p-1. The van der Waals surface area contributed by atoms with Gasteiger partial charge in [-0.05, 0) is 34.9 Å². The molecule has 1 aliphatic carbocycles. The molecule has 0 radical (unpaired) electrons. The van der Waals surface area contributed by atoms with Crippen molar-refractivity contribution >= 4 is 22.4 Å². The number of hydrogen-bond acceptors (Lipinski definition) is 5. The molecule has 1 atom stereocenters. The highest BCUT2D eigenvalue weighted by molar-refractivity contribution is 7.13. The lowest BCUT2D eigenvalue weighted by Gasteiger charge is -2.29. The Balaban J connectivity index is 1.69. The van der Waals surface area contributed by atoms with Gasteiger partial charge in [-0.15, -0.1) is 11.3 Å². The van der Waals surface area contributed by atoms with Gasteiger partial charge in [0.05, 0.1) is 11.6 Å². The van der Waals surface area contributed by atoms with E-state index in [0.29, 0.717) is 12.6 Å². The molecular weight excluding hydrogens is 428 g/mol. The Morgan fingerprint density at radius 1 is 1.06 bits per heavy atom. The van der Waals surface area contributed by atoms with Crippen LogP contribution in [0.15, 0.2) is 60.0 Å². The number of aromatic nitrogens is 1. The number of carboxylic acids is 1. The van der Waals surface area contributed by atoms with Crippen LogP contribution in [-0.2, 0) is 10.2 Å². The number of anilines is 1. The summed E-state index contributed by atoms with van der Waals surface area (Å²) in [5, 5.41) is 14.2. The van der Waals surface area contributed by atoms with Crippen LogP contribution in [0.5, 0.6) is 0 Å². The van der Waals surface area contributed by atoms with Crippen molar-refractivity contribution in [1.82, 2.24) is 4.98 Å². The molecule has 1 saturated carbocycles. The fraction of sp³-hybridized carbons (Fsp3) is 0.429. The Hall–Kier alpha value is -2.66. The molecule has 1 fully saturated rings. The maximum absolute atomic E-state index is 11.2. The van der Waals surface area contributed by atoms with E-state index in [1.807, 2.05) is 6.07 Å². The Morgan fingerprint density at radius 2 is 1.70 bits per heavy atom. The number of aliphatic carboxylic acids is 1. The fourth-order valence-corrected chi connectivity index (χ4v) is 5.71. The number of nitrogens with zero attached hydrogens (tertiary/aromatic N) is 2. The van der Waals surface area contributed by atoms with Crippen molar-refractivity contribution in [2.24, 2.45) is 0 Å². The first-order valence-corrected chi connectivity index (χ1v) is 12.8. The molecule has 1 aliphatic rings. The van der Waals surface area contributed by atoms with E-state index in [4.69, 9.17) is 4.98 Å². The number of carbonyl (C=O) groups excluding carboxylic acids is 1. The molecule has 5 heteroatoms. The minimum absolute atomic E-state index is 0.0296. The molecule has 3 aromatic rings. The first kappa shape index (κ1) is 23.5. The van der Waals surface area contributed by atoms with Gasteiger partial charge >= 0.3 is 0 Å². The van der Waals surface area contributed by atoms with Gasteiger partial charge in [0, 0.05) is 30.4 Å². The normalized spacial score (nSPS) is 15.5. The van der Waals surface area contributed by atoms with Gasteiger partial charge in [-0.2, -0.15) is 0 Å². The molecule has 0 aliphatic heterocycles. The molecule has 33 heavy (non-hydrogen) atoms. The van der Waals surface area contributed by atoms with Gasteiger partial charge in [0.2, 0.25) is 0 Å². The summed E-state index contributed by atoms with van der Waals surface area (Å²) in [7, 11) is 0. The summed E-state index contributed by atoms with van der Waals surface area (Å²) >= 11 is 1.62. The third-order valence-electron chi connectivity index (χ3n) is 6.62. The smallest absolute Gasteiger partial charge is 0.185 e. The summed E-state index contributed by atoms with van der Waals surface area (Å²) < 4.78 is 0. The number of hydrogen-bond donors (Lipinski definition) is 0. The third kappa shape index (κ3) is 5.64. The number of benzene rings is 2. The highest BCUT2D eigenvalue weighted by Crippen LogP contribution is 2.37. The van der Waals surface area contributed by atoms with Gasteiger partial charge in [-0.25, -0.2) is 4.98 Å². The first-order chi connectivity index (χ1) is 15.8. The molecule has 0 spiro atoms. The quantitative estimate of drug-likeness (QED) is 0.444. The van der Waals surface area contributed by atoms with Gasteiger partial charge in [0.1, 0.15) is 0 Å². The zero-order valence-corrected chi connectivity index (χ0v) is 20.6. The molecule has 1 heterocycles. The first-order valence-electron chi connectivity index (χ1n) is 11.9. The topological polar surface area (TPSA) is 56.3 Å². The Bertz CT molecular complexity index is 1050. The number of rotatable bonds is 8. The lowest BCUT2D eigenvalue weighted by molar-refractivity contribution is -0.305. The van der Waals surface area contributed by atoms with Crippen LogP contribution < -0.4 is 10.0 Å². The second kappa shape index (κ2) is 10.1. The van der Waals surface area contributed by atoms with Crippen LogP contribution in [0.1, 0.15) is 81.2 Å². The van der Waals surface area contributed by atoms with Crippen molar-refractivity contribution in [3.05, 3.63) is 82.4 Å². The summed E-state index contributed by atoms with van der Waals surface area (Å²) in [5.41, 5.74) is 4.86. The molecule has 0 bridgehead atoms. The van der Waals surface area contributed by atoms with E-state index in [0.717, 1.165) is 23.7 Å². The lowest BCUT2D eigenvalue weighted by Crippen LogP contribution is -2.37. The number of thiazole rings is 1. The van der Waals surface area contributed by atoms with Crippen molar-refractivity contribution in [2.45, 2.75) is 70.3 Å². The zero-order valence-electron chi connectivity index (χ0n) is 19.8. The second-order valence-electron chi connectivity index (χ2n) is 10.0. The highest BCUT2D eigenvalue weighted by Gasteiger charge is 2.27. The van der Waals surface area contributed by atoms with Crippen molar-refractivity contribution in [1.29, 1.82) is 0 Å². The predicted molar refractivity (Wildman–Crippen MR) is 134 cm³/mol. The molecule has 0 N–H and O–H groups in total. The van der Waals surface area contributed by atoms with Gasteiger partial charge in [0.25, 0.3) is 0 Å². The van der Waals surface area contributed by atoms with Crippen LogP contribution in [0.3, 0.4) is 0 Å².